The quantitative estimate of drug-likeness (QED) is 0.692. The molecule has 0 radical (unpaired) electrons. The van der Waals surface area contributed by atoms with E-state index in [2.05, 4.69) is 28.0 Å². The Balaban J connectivity index is 2.75. The molecule has 0 saturated carbocycles. The van der Waals surface area contributed by atoms with Gasteiger partial charge in [0.05, 0.1) is 0 Å². The van der Waals surface area contributed by atoms with Crippen molar-refractivity contribution in [3.63, 3.8) is 0 Å². The van der Waals surface area contributed by atoms with Gasteiger partial charge >= 0.3 is 0 Å². The Labute approximate surface area is 95.5 Å². The second-order valence-corrected chi connectivity index (χ2v) is 3.41. The average molecular weight is 219 g/mol. The summed E-state index contributed by atoms with van der Waals surface area (Å²) in [4.78, 5) is 9.95. The minimum absolute atomic E-state index is 0.195. The normalized spacial score (nSPS) is 10.3. The predicted octanol–water partition coefficient (Wildman–Crippen LogP) is 0.815. The van der Waals surface area contributed by atoms with Crippen molar-refractivity contribution < 1.29 is 0 Å². The lowest BCUT2D eigenvalue weighted by molar-refractivity contribution is 0.327. The largest absolute Gasteiger partial charge is 0.383 e. The standard InChI is InChI=1S/C11H17N5/c1-3-5-16(6-4-2)8-9-7-14-11(13)15-10(9)12/h3-4,7H,1-2,5-6,8H2,(H4,12,13,14,15). The molecule has 0 unspecified atom stereocenters. The van der Waals surface area contributed by atoms with Crippen molar-refractivity contribution >= 4 is 11.8 Å². The van der Waals surface area contributed by atoms with Crippen LogP contribution >= 0.6 is 0 Å². The highest BCUT2D eigenvalue weighted by atomic mass is 15.1. The molecule has 1 rings (SSSR count). The first-order chi connectivity index (χ1) is 7.67. The van der Waals surface area contributed by atoms with Crippen molar-refractivity contribution in [3.8, 4) is 0 Å². The summed E-state index contributed by atoms with van der Waals surface area (Å²) in [5.41, 5.74) is 12.0. The maximum Gasteiger partial charge on any atom is 0.221 e. The van der Waals surface area contributed by atoms with Gasteiger partial charge < -0.3 is 11.5 Å². The van der Waals surface area contributed by atoms with E-state index in [4.69, 9.17) is 11.5 Å². The number of nitrogens with zero attached hydrogens (tertiary/aromatic N) is 3. The van der Waals surface area contributed by atoms with Gasteiger partial charge in [-0.2, -0.15) is 4.98 Å². The molecule has 5 heteroatoms. The molecule has 5 nitrogen and oxygen atoms in total. The summed E-state index contributed by atoms with van der Waals surface area (Å²) < 4.78 is 0. The van der Waals surface area contributed by atoms with Crippen LogP contribution in [0, 0.1) is 0 Å². The molecule has 0 bridgehead atoms. The first-order valence-corrected chi connectivity index (χ1v) is 4.98. The third kappa shape index (κ3) is 3.36. The lowest BCUT2D eigenvalue weighted by atomic mass is 10.2. The molecule has 4 N–H and O–H groups in total. The van der Waals surface area contributed by atoms with Crippen LogP contribution in [-0.4, -0.2) is 28.0 Å². The molecule has 1 aromatic heterocycles. The van der Waals surface area contributed by atoms with Gasteiger partial charge in [-0.3, -0.25) is 4.90 Å². The first-order valence-electron chi connectivity index (χ1n) is 4.98. The molecule has 0 amide bonds. The number of nitrogen functional groups attached to an aromatic ring is 2. The molecule has 0 aliphatic carbocycles. The number of anilines is 2. The molecule has 0 fully saturated rings. The van der Waals surface area contributed by atoms with Gasteiger partial charge in [-0.05, 0) is 0 Å². The number of nitrogens with two attached hydrogens (primary N) is 2. The summed E-state index contributed by atoms with van der Waals surface area (Å²) in [6.07, 6.45) is 5.31. The Morgan fingerprint density at radius 2 is 1.88 bits per heavy atom. The van der Waals surface area contributed by atoms with E-state index in [0.29, 0.717) is 12.4 Å². The molecule has 0 atom stereocenters. The molecular weight excluding hydrogens is 202 g/mol. The molecule has 0 aliphatic rings. The number of hydrogen-bond donors (Lipinski definition) is 2. The number of rotatable bonds is 6. The summed E-state index contributed by atoms with van der Waals surface area (Å²) in [6, 6.07) is 0. The molecule has 0 aliphatic heterocycles. The van der Waals surface area contributed by atoms with Crippen LogP contribution in [0.25, 0.3) is 0 Å². The Hall–Kier alpha value is -1.88. The van der Waals surface area contributed by atoms with E-state index in [1.54, 1.807) is 6.20 Å². The number of hydrogen-bond acceptors (Lipinski definition) is 5. The molecule has 1 aromatic rings. The Kier molecular flexibility index (Phi) is 4.47. The monoisotopic (exact) mass is 219 g/mol. The lowest BCUT2D eigenvalue weighted by Gasteiger charge is -2.19. The van der Waals surface area contributed by atoms with Crippen molar-refractivity contribution in [2.45, 2.75) is 6.54 Å². The van der Waals surface area contributed by atoms with Crippen molar-refractivity contribution in [3.05, 3.63) is 37.1 Å². The number of aromatic nitrogens is 2. The summed E-state index contributed by atoms with van der Waals surface area (Å²) in [5.74, 6) is 0.617. The maximum atomic E-state index is 5.75. The minimum atomic E-state index is 0.195. The third-order valence-electron chi connectivity index (χ3n) is 2.09. The van der Waals surface area contributed by atoms with Crippen molar-refractivity contribution in [2.75, 3.05) is 24.6 Å². The molecule has 0 spiro atoms. The van der Waals surface area contributed by atoms with Gasteiger partial charge in [-0.1, -0.05) is 12.2 Å². The molecular formula is C11H17N5. The maximum absolute atomic E-state index is 5.75. The van der Waals surface area contributed by atoms with Gasteiger partial charge in [0.2, 0.25) is 5.95 Å². The zero-order chi connectivity index (χ0) is 12.0. The predicted molar refractivity (Wildman–Crippen MR) is 66.5 cm³/mol. The van der Waals surface area contributed by atoms with E-state index in [1.165, 1.54) is 0 Å². The fraction of sp³-hybridized carbons (Fsp3) is 0.273. The highest BCUT2D eigenvalue weighted by Crippen LogP contribution is 2.11. The molecule has 1 heterocycles. The Morgan fingerprint density at radius 3 is 2.38 bits per heavy atom. The van der Waals surface area contributed by atoms with Crippen molar-refractivity contribution in [1.82, 2.24) is 14.9 Å². The van der Waals surface area contributed by atoms with Crippen LogP contribution in [0.5, 0.6) is 0 Å². The topological polar surface area (TPSA) is 81.1 Å². The van der Waals surface area contributed by atoms with Crippen LogP contribution < -0.4 is 11.5 Å². The molecule has 0 saturated heterocycles. The zero-order valence-electron chi connectivity index (χ0n) is 9.26. The smallest absolute Gasteiger partial charge is 0.221 e. The van der Waals surface area contributed by atoms with Crippen LogP contribution in [-0.2, 0) is 6.54 Å². The second kappa shape index (κ2) is 5.87. The van der Waals surface area contributed by atoms with Crippen LogP contribution in [0.2, 0.25) is 0 Å². The molecule has 16 heavy (non-hydrogen) atoms. The van der Waals surface area contributed by atoms with E-state index in [9.17, 15) is 0 Å². The van der Waals surface area contributed by atoms with Gasteiger partial charge in [-0.15, -0.1) is 13.2 Å². The minimum Gasteiger partial charge on any atom is -0.383 e. The van der Waals surface area contributed by atoms with Crippen molar-refractivity contribution in [1.29, 1.82) is 0 Å². The van der Waals surface area contributed by atoms with Crippen LogP contribution in [0.4, 0.5) is 11.8 Å². The Bertz CT molecular complexity index is 365. The van der Waals surface area contributed by atoms with Crippen LogP contribution in [0.1, 0.15) is 5.56 Å². The zero-order valence-corrected chi connectivity index (χ0v) is 9.26. The SMILES string of the molecule is C=CCN(CC=C)Cc1cnc(N)nc1N. The van der Waals surface area contributed by atoms with Gasteiger partial charge in [0.1, 0.15) is 5.82 Å². The van der Waals surface area contributed by atoms with Gasteiger partial charge in [0.15, 0.2) is 0 Å². The fourth-order valence-corrected chi connectivity index (χ4v) is 1.37. The first kappa shape index (κ1) is 12.2. The van der Waals surface area contributed by atoms with Crippen molar-refractivity contribution in [2.24, 2.45) is 0 Å². The van der Waals surface area contributed by atoms with E-state index < -0.39 is 0 Å². The highest BCUT2D eigenvalue weighted by molar-refractivity contribution is 5.41. The van der Waals surface area contributed by atoms with E-state index in [-0.39, 0.29) is 5.95 Å². The van der Waals surface area contributed by atoms with E-state index in [0.717, 1.165) is 18.7 Å². The fourth-order valence-electron chi connectivity index (χ4n) is 1.37. The van der Waals surface area contributed by atoms with Gasteiger partial charge in [-0.25, -0.2) is 4.98 Å². The van der Waals surface area contributed by atoms with Crippen LogP contribution in [0.15, 0.2) is 31.5 Å². The Morgan fingerprint density at radius 1 is 1.25 bits per heavy atom. The van der Waals surface area contributed by atoms with E-state index in [1.807, 2.05) is 12.2 Å². The summed E-state index contributed by atoms with van der Waals surface area (Å²) >= 11 is 0. The summed E-state index contributed by atoms with van der Waals surface area (Å²) in [5, 5.41) is 0. The van der Waals surface area contributed by atoms with Gasteiger partial charge in [0, 0.05) is 31.4 Å². The average Bonchev–Trinajstić information content (AvgIpc) is 2.23. The molecule has 86 valence electrons. The van der Waals surface area contributed by atoms with E-state index >= 15 is 0 Å². The summed E-state index contributed by atoms with van der Waals surface area (Å²) in [7, 11) is 0. The second-order valence-electron chi connectivity index (χ2n) is 3.41. The third-order valence-corrected chi connectivity index (χ3v) is 2.09. The highest BCUT2D eigenvalue weighted by Gasteiger charge is 2.07. The lowest BCUT2D eigenvalue weighted by Crippen LogP contribution is -2.24. The van der Waals surface area contributed by atoms with Crippen LogP contribution in [0.3, 0.4) is 0 Å². The molecule has 0 aromatic carbocycles. The van der Waals surface area contributed by atoms with Gasteiger partial charge in [0.25, 0.3) is 0 Å². The summed E-state index contributed by atoms with van der Waals surface area (Å²) in [6.45, 7) is 9.58.